The first kappa shape index (κ1) is 13.1. The third kappa shape index (κ3) is 1.96. The van der Waals surface area contributed by atoms with Crippen molar-refractivity contribution in [2.24, 2.45) is 23.7 Å². The fraction of sp³-hybridized carbons (Fsp3) is 0.867. The third-order valence-electron chi connectivity index (χ3n) is 5.24. The van der Waals surface area contributed by atoms with Crippen LogP contribution in [0.1, 0.15) is 47.0 Å². The van der Waals surface area contributed by atoms with Gasteiger partial charge in [0.05, 0.1) is 11.7 Å². The Labute approximate surface area is 105 Å². The van der Waals surface area contributed by atoms with Gasteiger partial charge in [-0.2, -0.15) is 0 Å². The van der Waals surface area contributed by atoms with E-state index in [9.17, 15) is 10.2 Å². The molecule has 2 nitrogen and oxygen atoms in total. The van der Waals surface area contributed by atoms with Crippen molar-refractivity contribution in [1.29, 1.82) is 0 Å². The lowest BCUT2D eigenvalue weighted by atomic mass is 9.56. The number of hydrogen-bond acceptors (Lipinski definition) is 2. The molecule has 0 saturated heterocycles. The van der Waals surface area contributed by atoms with Gasteiger partial charge in [0.15, 0.2) is 0 Å². The van der Waals surface area contributed by atoms with Gasteiger partial charge < -0.3 is 10.2 Å². The molecule has 2 N–H and O–H groups in total. The van der Waals surface area contributed by atoms with E-state index in [2.05, 4.69) is 20.8 Å². The first-order chi connectivity index (χ1) is 7.88. The van der Waals surface area contributed by atoms with Crippen LogP contribution in [0.2, 0.25) is 0 Å². The van der Waals surface area contributed by atoms with Crippen LogP contribution in [-0.2, 0) is 0 Å². The molecule has 2 aliphatic rings. The summed E-state index contributed by atoms with van der Waals surface area (Å²) in [5.41, 5.74) is 0.353. The van der Waals surface area contributed by atoms with Crippen LogP contribution in [0.15, 0.2) is 11.6 Å². The number of hydrogen-bond donors (Lipinski definition) is 2. The van der Waals surface area contributed by atoms with Gasteiger partial charge in [0.2, 0.25) is 0 Å². The molecular formula is C15H26O2. The van der Waals surface area contributed by atoms with E-state index in [1.807, 2.05) is 13.0 Å². The van der Waals surface area contributed by atoms with Crippen molar-refractivity contribution in [1.82, 2.24) is 0 Å². The van der Waals surface area contributed by atoms with Gasteiger partial charge in [-0.3, -0.25) is 0 Å². The predicted molar refractivity (Wildman–Crippen MR) is 69.5 cm³/mol. The molecule has 2 aliphatic carbocycles. The van der Waals surface area contributed by atoms with Gasteiger partial charge in [-0.1, -0.05) is 26.8 Å². The van der Waals surface area contributed by atoms with Gasteiger partial charge in [-0.05, 0) is 49.5 Å². The molecule has 0 radical (unpaired) electrons. The van der Waals surface area contributed by atoms with E-state index >= 15 is 0 Å². The van der Waals surface area contributed by atoms with E-state index in [-0.39, 0.29) is 5.92 Å². The van der Waals surface area contributed by atoms with Crippen molar-refractivity contribution in [2.75, 3.05) is 0 Å². The van der Waals surface area contributed by atoms with E-state index in [1.165, 1.54) is 0 Å². The molecular weight excluding hydrogens is 212 g/mol. The van der Waals surface area contributed by atoms with Crippen LogP contribution < -0.4 is 0 Å². The molecule has 5 unspecified atom stereocenters. The SMILES string of the molecule is CC1=CCC2(O)C(C)CCC(C(C)C)C2C1O. The van der Waals surface area contributed by atoms with Crippen LogP contribution in [0, 0.1) is 23.7 Å². The molecule has 0 aromatic carbocycles. The molecule has 5 atom stereocenters. The van der Waals surface area contributed by atoms with E-state index in [0.29, 0.717) is 24.2 Å². The van der Waals surface area contributed by atoms with Crippen molar-refractivity contribution in [2.45, 2.75) is 58.7 Å². The van der Waals surface area contributed by atoms with Gasteiger partial charge in [0.25, 0.3) is 0 Å². The summed E-state index contributed by atoms with van der Waals surface area (Å²) in [5.74, 6) is 1.28. The summed E-state index contributed by atoms with van der Waals surface area (Å²) in [5, 5.41) is 21.4. The molecule has 0 amide bonds. The molecule has 1 fully saturated rings. The van der Waals surface area contributed by atoms with Crippen LogP contribution in [0.3, 0.4) is 0 Å². The monoisotopic (exact) mass is 238 g/mol. The van der Waals surface area contributed by atoms with E-state index < -0.39 is 11.7 Å². The normalized spacial score (nSPS) is 46.6. The van der Waals surface area contributed by atoms with Gasteiger partial charge in [0, 0.05) is 5.92 Å². The molecule has 0 aromatic heterocycles. The topological polar surface area (TPSA) is 40.5 Å². The second-order valence-electron chi connectivity index (χ2n) is 6.50. The number of aliphatic hydroxyl groups is 2. The largest absolute Gasteiger partial charge is 0.389 e. The van der Waals surface area contributed by atoms with Crippen LogP contribution in [0.25, 0.3) is 0 Å². The average molecular weight is 238 g/mol. The molecule has 17 heavy (non-hydrogen) atoms. The fourth-order valence-corrected chi connectivity index (χ4v) is 3.89. The van der Waals surface area contributed by atoms with Gasteiger partial charge in [-0.25, -0.2) is 0 Å². The number of fused-ring (bicyclic) bond motifs is 1. The summed E-state index contributed by atoms with van der Waals surface area (Å²) >= 11 is 0. The molecule has 0 spiro atoms. The molecule has 0 bridgehead atoms. The summed E-state index contributed by atoms with van der Waals surface area (Å²) in [6, 6.07) is 0. The fourth-order valence-electron chi connectivity index (χ4n) is 3.89. The first-order valence-electron chi connectivity index (χ1n) is 6.95. The van der Waals surface area contributed by atoms with Crippen LogP contribution >= 0.6 is 0 Å². The number of aliphatic hydroxyl groups excluding tert-OH is 1. The van der Waals surface area contributed by atoms with Crippen LogP contribution in [0.5, 0.6) is 0 Å². The molecule has 0 heterocycles. The highest BCUT2D eigenvalue weighted by Crippen LogP contribution is 2.51. The van der Waals surface area contributed by atoms with E-state index in [1.54, 1.807) is 0 Å². The molecule has 98 valence electrons. The Bertz CT molecular complexity index is 321. The highest BCUT2D eigenvalue weighted by molar-refractivity contribution is 5.20. The smallest absolute Gasteiger partial charge is 0.0806 e. The second-order valence-corrected chi connectivity index (χ2v) is 6.50. The predicted octanol–water partition coefficient (Wildman–Crippen LogP) is 2.75. The Balaban J connectivity index is 2.38. The maximum Gasteiger partial charge on any atom is 0.0806 e. The zero-order valence-corrected chi connectivity index (χ0v) is 11.5. The van der Waals surface area contributed by atoms with Gasteiger partial charge in [-0.15, -0.1) is 0 Å². The quantitative estimate of drug-likeness (QED) is 0.690. The maximum absolute atomic E-state index is 11.0. The highest BCUT2D eigenvalue weighted by Gasteiger charge is 2.53. The third-order valence-corrected chi connectivity index (χ3v) is 5.24. The summed E-state index contributed by atoms with van der Waals surface area (Å²) in [6.07, 6.45) is 4.50. The molecule has 0 aliphatic heterocycles. The zero-order chi connectivity index (χ0) is 12.8. The molecule has 2 rings (SSSR count). The van der Waals surface area contributed by atoms with Crippen molar-refractivity contribution in [3.63, 3.8) is 0 Å². The highest BCUT2D eigenvalue weighted by atomic mass is 16.3. The summed E-state index contributed by atoms with van der Waals surface area (Å²) in [7, 11) is 0. The van der Waals surface area contributed by atoms with Gasteiger partial charge >= 0.3 is 0 Å². The van der Waals surface area contributed by atoms with Crippen molar-refractivity contribution >= 4 is 0 Å². The van der Waals surface area contributed by atoms with Crippen LogP contribution in [0.4, 0.5) is 0 Å². The van der Waals surface area contributed by atoms with E-state index in [0.717, 1.165) is 18.4 Å². The minimum Gasteiger partial charge on any atom is -0.389 e. The average Bonchev–Trinajstić information content (AvgIpc) is 2.26. The Kier molecular flexibility index (Phi) is 3.39. The zero-order valence-electron chi connectivity index (χ0n) is 11.5. The van der Waals surface area contributed by atoms with Crippen molar-refractivity contribution in [3.05, 3.63) is 11.6 Å². The molecule has 1 saturated carbocycles. The number of rotatable bonds is 1. The minimum atomic E-state index is -0.688. The molecule has 2 heteroatoms. The summed E-state index contributed by atoms with van der Waals surface area (Å²) < 4.78 is 0. The Morgan fingerprint density at radius 1 is 1.35 bits per heavy atom. The Morgan fingerprint density at radius 2 is 2.00 bits per heavy atom. The summed E-state index contributed by atoms with van der Waals surface area (Å²) in [4.78, 5) is 0. The summed E-state index contributed by atoms with van der Waals surface area (Å²) in [6.45, 7) is 8.54. The minimum absolute atomic E-state index is 0.0243. The molecule has 0 aromatic rings. The second kappa shape index (κ2) is 4.40. The maximum atomic E-state index is 11.0. The lowest BCUT2D eigenvalue weighted by molar-refractivity contribution is -0.155. The standard InChI is InChI=1S/C15H26O2/c1-9(2)12-6-5-11(4)15(17)8-7-10(3)14(16)13(12)15/h7,9,11-14,16-17H,5-6,8H2,1-4H3. The Morgan fingerprint density at radius 3 is 2.59 bits per heavy atom. The van der Waals surface area contributed by atoms with Crippen molar-refractivity contribution < 1.29 is 10.2 Å². The van der Waals surface area contributed by atoms with Crippen molar-refractivity contribution in [3.8, 4) is 0 Å². The van der Waals surface area contributed by atoms with Gasteiger partial charge in [0.1, 0.15) is 0 Å². The lowest BCUT2D eigenvalue weighted by Crippen LogP contribution is -2.57. The Hall–Kier alpha value is -0.340. The van der Waals surface area contributed by atoms with E-state index in [4.69, 9.17) is 0 Å². The van der Waals surface area contributed by atoms with Crippen LogP contribution in [-0.4, -0.2) is 21.9 Å². The lowest BCUT2D eigenvalue weighted by Gasteiger charge is -2.53. The first-order valence-corrected chi connectivity index (χ1v) is 6.95.